The molecule has 0 aliphatic rings. The van der Waals surface area contributed by atoms with Crippen LogP contribution in [0.15, 0.2) is 35.1 Å². The van der Waals surface area contributed by atoms with Crippen molar-refractivity contribution in [2.75, 3.05) is 0 Å². The molecule has 0 spiro atoms. The van der Waals surface area contributed by atoms with Gasteiger partial charge in [0.15, 0.2) is 0 Å². The van der Waals surface area contributed by atoms with Crippen LogP contribution in [0, 0.1) is 12.8 Å². The van der Waals surface area contributed by atoms with Crippen molar-refractivity contribution in [3.8, 4) is 11.3 Å². The molecular weight excluding hydrogens is 272 g/mol. The first-order chi connectivity index (χ1) is 9.51. The van der Waals surface area contributed by atoms with Gasteiger partial charge in [0, 0.05) is 17.7 Å². The van der Waals surface area contributed by atoms with Crippen LogP contribution in [-0.4, -0.2) is 9.78 Å². The lowest BCUT2D eigenvalue weighted by molar-refractivity contribution is 0.463. The van der Waals surface area contributed by atoms with E-state index in [9.17, 15) is 4.79 Å². The number of aryl methyl sites for hydroxylation is 1. The van der Waals surface area contributed by atoms with E-state index in [4.69, 9.17) is 11.6 Å². The Morgan fingerprint density at radius 1 is 1.25 bits per heavy atom. The highest BCUT2D eigenvalue weighted by atomic mass is 35.5. The predicted octanol–water partition coefficient (Wildman–Crippen LogP) is 3.61. The van der Waals surface area contributed by atoms with E-state index in [0.29, 0.717) is 18.0 Å². The molecular formula is C16H19ClN2O. The topological polar surface area (TPSA) is 34.9 Å². The maximum absolute atomic E-state index is 12.2. The fourth-order valence-electron chi connectivity index (χ4n) is 2.03. The van der Waals surface area contributed by atoms with Crippen LogP contribution >= 0.6 is 11.6 Å². The second-order valence-electron chi connectivity index (χ2n) is 5.44. The van der Waals surface area contributed by atoms with Crippen LogP contribution in [0.2, 0.25) is 0 Å². The van der Waals surface area contributed by atoms with Crippen molar-refractivity contribution in [1.82, 2.24) is 9.78 Å². The Hall–Kier alpha value is -1.61. The summed E-state index contributed by atoms with van der Waals surface area (Å²) in [5.74, 6) is 0.565. The molecule has 1 aromatic carbocycles. The third-order valence-electron chi connectivity index (χ3n) is 3.08. The number of benzene rings is 1. The minimum atomic E-state index is -0.0930. The molecule has 1 heterocycles. The number of hydrogen-bond donors (Lipinski definition) is 0. The minimum Gasteiger partial charge on any atom is -0.267 e. The van der Waals surface area contributed by atoms with Gasteiger partial charge in [0.05, 0.1) is 11.6 Å². The van der Waals surface area contributed by atoms with E-state index in [-0.39, 0.29) is 11.4 Å². The quantitative estimate of drug-likeness (QED) is 0.806. The average Bonchev–Trinajstić information content (AvgIpc) is 2.41. The molecule has 4 heteroatoms. The molecule has 20 heavy (non-hydrogen) atoms. The molecule has 0 atom stereocenters. The highest BCUT2D eigenvalue weighted by Crippen LogP contribution is 2.18. The van der Waals surface area contributed by atoms with Gasteiger partial charge < -0.3 is 0 Å². The zero-order valence-corrected chi connectivity index (χ0v) is 12.8. The Balaban J connectivity index is 2.53. The summed E-state index contributed by atoms with van der Waals surface area (Å²) in [6, 6.07) is 9.89. The van der Waals surface area contributed by atoms with E-state index in [1.54, 1.807) is 6.07 Å². The standard InChI is InChI=1S/C16H19ClN2O/c1-11(2)10-19-16(20)14(9-17)8-15(18-19)13-6-4-12(3)5-7-13/h4-8,11H,9-10H2,1-3H3. The lowest BCUT2D eigenvalue weighted by atomic mass is 10.1. The van der Waals surface area contributed by atoms with E-state index in [1.165, 1.54) is 10.2 Å². The Bertz CT molecular complexity index is 645. The normalized spacial score (nSPS) is 11.1. The Labute approximate surface area is 124 Å². The molecule has 0 saturated heterocycles. The van der Waals surface area contributed by atoms with Crippen molar-refractivity contribution in [2.45, 2.75) is 33.2 Å². The molecule has 0 amide bonds. The summed E-state index contributed by atoms with van der Waals surface area (Å²) in [5.41, 5.74) is 3.49. The van der Waals surface area contributed by atoms with E-state index in [1.807, 2.05) is 31.2 Å². The second kappa shape index (κ2) is 6.23. The summed E-state index contributed by atoms with van der Waals surface area (Å²) in [4.78, 5) is 12.2. The third-order valence-corrected chi connectivity index (χ3v) is 3.37. The van der Waals surface area contributed by atoms with Gasteiger partial charge >= 0.3 is 0 Å². The Morgan fingerprint density at radius 2 is 1.90 bits per heavy atom. The number of nitrogens with zero attached hydrogens (tertiary/aromatic N) is 2. The summed E-state index contributed by atoms with van der Waals surface area (Å²) >= 11 is 5.88. The molecule has 2 aromatic rings. The van der Waals surface area contributed by atoms with Gasteiger partial charge in [0.2, 0.25) is 0 Å². The molecule has 0 N–H and O–H groups in total. The van der Waals surface area contributed by atoms with Crippen LogP contribution in [0.25, 0.3) is 11.3 Å². The molecule has 0 fully saturated rings. The van der Waals surface area contributed by atoms with E-state index in [0.717, 1.165) is 11.3 Å². The number of rotatable bonds is 4. The Kier molecular flexibility index (Phi) is 4.61. The van der Waals surface area contributed by atoms with E-state index >= 15 is 0 Å². The zero-order chi connectivity index (χ0) is 14.7. The monoisotopic (exact) mass is 290 g/mol. The van der Waals surface area contributed by atoms with Gasteiger partial charge in [-0.1, -0.05) is 43.7 Å². The smallest absolute Gasteiger partial charge is 0.267 e. The van der Waals surface area contributed by atoms with Gasteiger partial charge in [-0.05, 0) is 18.9 Å². The Morgan fingerprint density at radius 3 is 2.45 bits per heavy atom. The lowest BCUT2D eigenvalue weighted by Gasteiger charge is -2.11. The molecule has 2 rings (SSSR count). The van der Waals surface area contributed by atoms with Crippen LogP contribution in [0.5, 0.6) is 0 Å². The molecule has 0 saturated carbocycles. The number of halogens is 1. The first kappa shape index (κ1) is 14.8. The zero-order valence-electron chi connectivity index (χ0n) is 12.1. The summed E-state index contributed by atoms with van der Waals surface area (Å²) in [6.45, 7) is 6.77. The van der Waals surface area contributed by atoms with Crippen LogP contribution in [-0.2, 0) is 12.4 Å². The highest BCUT2D eigenvalue weighted by molar-refractivity contribution is 6.17. The molecule has 0 aliphatic carbocycles. The summed E-state index contributed by atoms with van der Waals surface area (Å²) in [7, 11) is 0. The van der Waals surface area contributed by atoms with Crippen LogP contribution in [0.1, 0.15) is 25.0 Å². The maximum Gasteiger partial charge on any atom is 0.271 e. The molecule has 0 unspecified atom stereocenters. The van der Waals surface area contributed by atoms with Crippen molar-refractivity contribution < 1.29 is 0 Å². The summed E-state index contributed by atoms with van der Waals surface area (Å²) < 4.78 is 1.53. The van der Waals surface area contributed by atoms with Gasteiger partial charge in [-0.3, -0.25) is 4.79 Å². The summed E-state index contributed by atoms with van der Waals surface area (Å²) in [5, 5.41) is 4.47. The van der Waals surface area contributed by atoms with Crippen LogP contribution < -0.4 is 5.56 Å². The average molecular weight is 291 g/mol. The van der Waals surface area contributed by atoms with E-state index < -0.39 is 0 Å². The van der Waals surface area contributed by atoms with Crippen molar-refractivity contribution in [3.63, 3.8) is 0 Å². The van der Waals surface area contributed by atoms with Crippen LogP contribution in [0.3, 0.4) is 0 Å². The summed E-state index contributed by atoms with van der Waals surface area (Å²) in [6.07, 6.45) is 0. The molecule has 3 nitrogen and oxygen atoms in total. The van der Waals surface area contributed by atoms with Crippen molar-refractivity contribution in [3.05, 3.63) is 51.8 Å². The second-order valence-corrected chi connectivity index (χ2v) is 5.70. The first-order valence-corrected chi connectivity index (χ1v) is 7.28. The number of alkyl halides is 1. The fourth-order valence-corrected chi connectivity index (χ4v) is 2.22. The van der Waals surface area contributed by atoms with Crippen LogP contribution in [0.4, 0.5) is 0 Å². The number of hydrogen-bond acceptors (Lipinski definition) is 2. The van der Waals surface area contributed by atoms with Gasteiger partial charge in [0.1, 0.15) is 0 Å². The molecule has 0 aliphatic heterocycles. The number of aromatic nitrogens is 2. The van der Waals surface area contributed by atoms with Crippen molar-refractivity contribution in [1.29, 1.82) is 0 Å². The van der Waals surface area contributed by atoms with Crippen molar-refractivity contribution >= 4 is 11.6 Å². The van der Waals surface area contributed by atoms with E-state index in [2.05, 4.69) is 18.9 Å². The predicted molar refractivity (Wildman–Crippen MR) is 83.1 cm³/mol. The molecule has 1 aromatic heterocycles. The minimum absolute atomic E-state index is 0.0930. The molecule has 106 valence electrons. The molecule has 0 bridgehead atoms. The first-order valence-electron chi connectivity index (χ1n) is 6.75. The fraction of sp³-hybridized carbons (Fsp3) is 0.375. The molecule has 0 radical (unpaired) electrons. The van der Waals surface area contributed by atoms with Gasteiger partial charge in [-0.2, -0.15) is 5.10 Å². The lowest BCUT2D eigenvalue weighted by Crippen LogP contribution is -2.28. The largest absolute Gasteiger partial charge is 0.271 e. The van der Waals surface area contributed by atoms with Gasteiger partial charge in [-0.15, -0.1) is 11.6 Å². The van der Waals surface area contributed by atoms with Gasteiger partial charge in [0.25, 0.3) is 5.56 Å². The van der Waals surface area contributed by atoms with Gasteiger partial charge in [-0.25, -0.2) is 4.68 Å². The SMILES string of the molecule is Cc1ccc(-c2cc(CCl)c(=O)n(CC(C)C)n2)cc1. The highest BCUT2D eigenvalue weighted by Gasteiger charge is 2.10. The van der Waals surface area contributed by atoms with Crippen molar-refractivity contribution in [2.24, 2.45) is 5.92 Å². The maximum atomic E-state index is 12.2. The third kappa shape index (κ3) is 3.28.